The summed E-state index contributed by atoms with van der Waals surface area (Å²) in [6.45, 7) is 10.6. The first kappa shape index (κ1) is 16.1. The molecule has 1 heterocycles. The predicted octanol–water partition coefficient (Wildman–Crippen LogP) is 4.02. The Morgan fingerprint density at radius 2 is 2.05 bits per heavy atom. The van der Waals surface area contributed by atoms with Crippen LogP contribution in [0.5, 0.6) is 0 Å². The summed E-state index contributed by atoms with van der Waals surface area (Å²) in [5.41, 5.74) is 0.381. The number of aromatic nitrogens is 1. The van der Waals surface area contributed by atoms with Gasteiger partial charge in [0.1, 0.15) is 16.0 Å². The second-order valence-corrected chi connectivity index (χ2v) is 6.55. The Bertz CT molecular complexity index is 428. The molecule has 4 nitrogen and oxygen atoms in total. The lowest BCUT2D eigenvalue weighted by atomic mass is 9.91. The number of aromatic carboxylic acids is 1. The number of carbonyl (C=O) groups is 1. The molecule has 0 radical (unpaired) electrons. The van der Waals surface area contributed by atoms with E-state index in [4.69, 9.17) is 4.74 Å². The molecule has 0 bridgehead atoms. The van der Waals surface area contributed by atoms with Crippen LogP contribution in [0.15, 0.2) is 0 Å². The van der Waals surface area contributed by atoms with Crippen LogP contribution in [0, 0.1) is 0 Å². The maximum atomic E-state index is 11.3. The van der Waals surface area contributed by atoms with E-state index in [2.05, 4.69) is 11.9 Å². The summed E-state index contributed by atoms with van der Waals surface area (Å²) in [5, 5.41) is 10.1. The summed E-state index contributed by atoms with van der Waals surface area (Å²) in [6.07, 6.45) is 1.76. The van der Waals surface area contributed by atoms with Gasteiger partial charge in [-0.25, -0.2) is 9.78 Å². The molecule has 108 valence electrons. The number of thiazole rings is 1. The molecule has 0 saturated carbocycles. The molecule has 1 aromatic heterocycles. The molecule has 1 unspecified atom stereocenters. The zero-order valence-corrected chi connectivity index (χ0v) is 13.1. The van der Waals surface area contributed by atoms with E-state index >= 15 is 0 Å². The third-order valence-electron chi connectivity index (χ3n) is 2.74. The third-order valence-corrected chi connectivity index (χ3v) is 3.88. The summed E-state index contributed by atoms with van der Waals surface area (Å²) in [4.78, 5) is 16.2. The minimum Gasteiger partial charge on any atom is -0.477 e. The van der Waals surface area contributed by atoms with E-state index in [1.54, 1.807) is 0 Å². The van der Waals surface area contributed by atoms with Gasteiger partial charge >= 0.3 is 5.97 Å². The SMILES string of the molecule is CCCC(OCC)c1nc(C(C)(C)C)c(C(=O)O)s1. The first-order valence-electron chi connectivity index (χ1n) is 6.67. The van der Waals surface area contributed by atoms with Gasteiger partial charge in [-0.1, -0.05) is 34.1 Å². The molecule has 5 heteroatoms. The van der Waals surface area contributed by atoms with Crippen LogP contribution in [0.1, 0.15) is 73.9 Å². The van der Waals surface area contributed by atoms with Gasteiger partial charge in [0.05, 0.1) is 5.69 Å². The van der Waals surface area contributed by atoms with Gasteiger partial charge in [0.15, 0.2) is 0 Å². The molecule has 0 spiro atoms. The highest BCUT2D eigenvalue weighted by Gasteiger charge is 2.29. The molecule has 0 aromatic carbocycles. The van der Waals surface area contributed by atoms with Crippen LogP contribution >= 0.6 is 11.3 Å². The maximum absolute atomic E-state index is 11.3. The number of carboxylic acid groups (broad SMARTS) is 1. The Morgan fingerprint density at radius 1 is 1.42 bits per heavy atom. The lowest BCUT2D eigenvalue weighted by Crippen LogP contribution is -2.16. The van der Waals surface area contributed by atoms with Gasteiger partial charge in [0.25, 0.3) is 0 Å². The zero-order chi connectivity index (χ0) is 14.6. The van der Waals surface area contributed by atoms with Crippen LogP contribution in [0.25, 0.3) is 0 Å². The van der Waals surface area contributed by atoms with E-state index in [0.717, 1.165) is 17.8 Å². The van der Waals surface area contributed by atoms with Crippen molar-refractivity contribution in [1.82, 2.24) is 4.98 Å². The quantitative estimate of drug-likeness (QED) is 0.857. The minimum atomic E-state index is -0.902. The first-order chi connectivity index (χ1) is 8.81. The molecule has 0 amide bonds. The van der Waals surface area contributed by atoms with Gasteiger partial charge in [-0.15, -0.1) is 11.3 Å². The molecule has 19 heavy (non-hydrogen) atoms. The molecule has 0 saturated heterocycles. The number of hydrogen-bond donors (Lipinski definition) is 1. The van der Waals surface area contributed by atoms with Crippen molar-refractivity contribution in [1.29, 1.82) is 0 Å². The fraction of sp³-hybridized carbons (Fsp3) is 0.714. The molecule has 1 rings (SSSR count). The fourth-order valence-corrected chi connectivity index (χ4v) is 3.07. The van der Waals surface area contributed by atoms with E-state index in [1.165, 1.54) is 11.3 Å². The van der Waals surface area contributed by atoms with Crippen molar-refractivity contribution in [2.75, 3.05) is 6.61 Å². The van der Waals surface area contributed by atoms with Crippen molar-refractivity contribution < 1.29 is 14.6 Å². The van der Waals surface area contributed by atoms with Gasteiger partial charge in [0.2, 0.25) is 0 Å². The molecule has 0 aliphatic rings. The van der Waals surface area contributed by atoms with Crippen LogP contribution in [0.4, 0.5) is 0 Å². The topological polar surface area (TPSA) is 59.4 Å². The Hall–Kier alpha value is -0.940. The average Bonchev–Trinajstić information content (AvgIpc) is 2.73. The summed E-state index contributed by atoms with van der Waals surface area (Å²) < 4.78 is 5.68. The first-order valence-corrected chi connectivity index (χ1v) is 7.49. The highest BCUT2D eigenvalue weighted by Crippen LogP contribution is 2.34. The van der Waals surface area contributed by atoms with Gasteiger partial charge in [-0.3, -0.25) is 0 Å². The molecule has 0 aliphatic heterocycles. The Labute approximate surface area is 118 Å². The van der Waals surface area contributed by atoms with Crippen LogP contribution in [-0.2, 0) is 10.2 Å². The number of ether oxygens (including phenoxy) is 1. The number of hydrogen-bond acceptors (Lipinski definition) is 4. The van der Waals surface area contributed by atoms with E-state index in [0.29, 0.717) is 17.2 Å². The molecule has 1 atom stereocenters. The zero-order valence-electron chi connectivity index (χ0n) is 12.3. The van der Waals surface area contributed by atoms with Crippen molar-refractivity contribution in [2.24, 2.45) is 0 Å². The summed E-state index contributed by atoms with van der Waals surface area (Å²) in [6, 6.07) is 0. The van der Waals surface area contributed by atoms with Crippen LogP contribution in [0.3, 0.4) is 0 Å². The fourth-order valence-electron chi connectivity index (χ4n) is 1.87. The van der Waals surface area contributed by atoms with Crippen LogP contribution < -0.4 is 0 Å². The molecule has 0 aliphatic carbocycles. The average molecular weight is 285 g/mol. The van der Waals surface area contributed by atoms with Crippen molar-refractivity contribution in [2.45, 2.75) is 59.0 Å². The number of carboxylic acids is 1. The maximum Gasteiger partial charge on any atom is 0.347 e. The lowest BCUT2D eigenvalue weighted by Gasteiger charge is -2.17. The van der Waals surface area contributed by atoms with E-state index < -0.39 is 5.97 Å². The summed E-state index contributed by atoms with van der Waals surface area (Å²) in [7, 11) is 0. The van der Waals surface area contributed by atoms with Crippen molar-refractivity contribution in [3.63, 3.8) is 0 Å². The van der Waals surface area contributed by atoms with E-state index in [-0.39, 0.29) is 11.5 Å². The second kappa shape index (κ2) is 6.48. The van der Waals surface area contributed by atoms with Crippen molar-refractivity contribution >= 4 is 17.3 Å². The van der Waals surface area contributed by atoms with E-state index in [9.17, 15) is 9.90 Å². The molecule has 0 fully saturated rings. The molecule has 1 aromatic rings. The second-order valence-electron chi connectivity index (χ2n) is 5.52. The Morgan fingerprint density at radius 3 is 2.42 bits per heavy atom. The normalized spacial score (nSPS) is 13.5. The van der Waals surface area contributed by atoms with Crippen molar-refractivity contribution in [3.8, 4) is 0 Å². The summed E-state index contributed by atoms with van der Waals surface area (Å²) >= 11 is 1.25. The van der Waals surface area contributed by atoms with Crippen LogP contribution in [0.2, 0.25) is 0 Å². The van der Waals surface area contributed by atoms with Gasteiger partial charge in [-0.2, -0.15) is 0 Å². The monoisotopic (exact) mass is 285 g/mol. The van der Waals surface area contributed by atoms with E-state index in [1.807, 2.05) is 27.7 Å². The standard InChI is InChI=1S/C14H23NO3S/c1-6-8-9(18-7-2)12-15-11(14(3,4)5)10(19-12)13(16)17/h9H,6-8H2,1-5H3,(H,16,17). The largest absolute Gasteiger partial charge is 0.477 e. The summed E-state index contributed by atoms with van der Waals surface area (Å²) in [5.74, 6) is -0.902. The van der Waals surface area contributed by atoms with Gasteiger partial charge in [-0.05, 0) is 13.3 Å². The minimum absolute atomic E-state index is 0.0887. The molecular weight excluding hydrogens is 262 g/mol. The van der Waals surface area contributed by atoms with Crippen molar-refractivity contribution in [3.05, 3.63) is 15.6 Å². The Balaban J connectivity index is 3.19. The lowest BCUT2D eigenvalue weighted by molar-refractivity contribution is 0.0553. The smallest absolute Gasteiger partial charge is 0.347 e. The predicted molar refractivity (Wildman–Crippen MR) is 77.0 cm³/mol. The van der Waals surface area contributed by atoms with Crippen LogP contribution in [-0.4, -0.2) is 22.7 Å². The number of nitrogens with zero attached hydrogens (tertiary/aromatic N) is 1. The third kappa shape index (κ3) is 4.01. The highest BCUT2D eigenvalue weighted by atomic mass is 32.1. The van der Waals surface area contributed by atoms with Gasteiger partial charge in [0, 0.05) is 12.0 Å². The molecule has 1 N–H and O–H groups in total. The van der Waals surface area contributed by atoms with Gasteiger partial charge < -0.3 is 9.84 Å². The molecular formula is C14H23NO3S. The Kier molecular flexibility index (Phi) is 5.50. The number of rotatable bonds is 6. The highest BCUT2D eigenvalue weighted by molar-refractivity contribution is 7.13.